The van der Waals surface area contributed by atoms with Gasteiger partial charge in [0.1, 0.15) is 11.8 Å². The standard InChI is InChI=1S/C25H28N2O4S/c1-17-10-11-21(14-18(17)2)26-25(28)23(16-20-8-6-5-7-9-20)27-32(29,30)22-12-13-24(31-4)19(3)15-22/h5-15,23,27H,16H2,1-4H3,(H,26,28). The maximum atomic E-state index is 13.1. The van der Waals surface area contributed by atoms with Gasteiger partial charge in [-0.3, -0.25) is 4.79 Å². The summed E-state index contributed by atoms with van der Waals surface area (Å²) in [6.45, 7) is 5.72. The molecule has 0 saturated carbocycles. The lowest BCUT2D eigenvalue weighted by Gasteiger charge is -2.19. The first-order chi connectivity index (χ1) is 15.2. The molecule has 1 atom stereocenters. The number of benzene rings is 3. The first-order valence-corrected chi connectivity index (χ1v) is 11.8. The highest BCUT2D eigenvalue weighted by Crippen LogP contribution is 2.22. The first kappa shape index (κ1) is 23.5. The summed E-state index contributed by atoms with van der Waals surface area (Å²) in [4.78, 5) is 13.2. The minimum atomic E-state index is -3.95. The fourth-order valence-corrected chi connectivity index (χ4v) is 4.64. The van der Waals surface area contributed by atoms with Crippen LogP contribution >= 0.6 is 0 Å². The average molecular weight is 453 g/mol. The van der Waals surface area contributed by atoms with E-state index in [-0.39, 0.29) is 11.3 Å². The van der Waals surface area contributed by atoms with Gasteiger partial charge in [-0.05, 0) is 79.8 Å². The van der Waals surface area contributed by atoms with Gasteiger partial charge in [0, 0.05) is 5.69 Å². The Labute approximate surface area is 189 Å². The number of ether oxygens (including phenoxy) is 1. The maximum absolute atomic E-state index is 13.1. The van der Waals surface area contributed by atoms with Gasteiger partial charge in [-0.1, -0.05) is 36.4 Å². The lowest BCUT2D eigenvalue weighted by atomic mass is 10.1. The summed E-state index contributed by atoms with van der Waals surface area (Å²) < 4.78 is 34.0. The molecule has 32 heavy (non-hydrogen) atoms. The maximum Gasteiger partial charge on any atom is 0.242 e. The van der Waals surface area contributed by atoms with Gasteiger partial charge in [-0.2, -0.15) is 4.72 Å². The fourth-order valence-electron chi connectivity index (χ4n) is 3.36. The van der Waals surface area contributed by atoms with Crippen molar-refractivity contribution < 1.29 is 17.9 Å². The second-order valence-corrected chi connectivity index (χ2v) is 9.50. The van der Waals surface area contributed by atoms with E-state index in [2.05, 4.69) is 10.0 Å². The van der Waals surface area contributed by atoms with E-state index in [1.54, 1.807) is 19.1 Å². The molecular formula is C25H28N2O4S. The Morgan fingerprint density at radius 1 is 0.906 bits per heavy atom. The summed E-state index contributed by atoms with van der Waals surface area (Å²) in [6, 6.07) is 18.5. The number of methoxy groups -OCH3 is 1. The smallest absolute Gasteiger partial charge is 0.242 e. The zero-order chi connectivity index (χ0) is 23.3. The third-order valence-electron chi connectivity index (χ3n) is 5.35. The van der Waals surface area contributed by atoms with Crippen molar-refractivity contribution in [1.29, 1.82) is 0 Å². The minimum Gasteiger partial charge on any atom is -0.496 e. The van der Waals surface area contributed by atoms with Gasteiger partial charge < -0.3 is 10.1 Å². The number of aryl methyl sites for hydroxylation is 3. The Morgan fingerprint density at radius 2 is 1.62 bits per heavy atom. The largest absolute Gasteiger partial charge is 0.496 e. The van der Waals surface area contributed by atoms with Crippen molar-refractivity contribution in [2.24, 2.45) is 0 Å². The number of rotatable bonds is 8. The SMILES string of the molecule is COc1ccc(S(=O)(=O)NC(Cc2ccccc2)C(=O)Nc2ccc(C)c(C)c2)cc1C. The minimum absolute atomic E-state index is 0.0767. The molecule has 1 amide bonds. The fraction of sp³-hybridized carbons (Fsp3) is 0.240. The normalized spacial score (nSPS) is 12.2. The quantitative estimate of drug-likeness (QED) is 0.538. The van der Waals surface area contributed by atoms with Crippen molar-refractivity contribution in [2.45, 2.75) is 38.1 Å². The predicted molar refractivity (Wildman–Crippen MR) is 127 cm³/mol. The molecule has 1 unspecified atom stereocenters. The van der Waals surface area contributed by atoms with Gasteiger partial charge in [0.25, 0.3) is 0 Å². The van der Waals surface area contributed by atoms with Gasteiger partial charge in [-0.25, -0.2) is 8.42 Å². The molecule has 0 aliphatic heterocycles. The number of nitrogens with one attached hydrogen (secondary N) is 2. The van der Waals surface area contributed by atoms with E-state index >= 15 is 0 Å². The molecule has 0 radical (unpaired) electrons. The Morgan fingerprint density at radius 3 is 2.25 bits per heavy atom. The molecule has 0 aliphatic rings. The second kappa shape index (κ2) is 9.97. The van der Waals surface area contributed by atoms with Crippen molar-refractivity contribution >= 4 is 21.6 Å². The van der Waals surface area contributed by atoms with E-state index in [4.69, 9.17) is 4.74 Å². The number of anilines is 1. The van der Waals surface area contributed by atoms with Crippen molar-refractivity contribution in [3.8, 4) is 5.75 Å². The van der Waals surface area contributed by atoms with Crippen LogP contribution in [0.1, 0.15) is 22.3 Å². The van der Waals surface area contributed by atoms with Crippen LogP contribution in [0.4, 0.5) is 5.69 Å². The van der Waals surface area contributed by atoms with E-state index in [0.717, 1.165) is 16.7 Å². The second-order valence-electron chi connectivity index (χ2n) is 7.78. The molecule has 2 N–H and O–H groups in total. The molecule has 6 nitrogen and oxygen atoms in total. The molecule has 7 heteroatoms. The van der Waals surface area contributed by atoms with Crippen LogP contribution in [0.15, 0.2) is 71.6 Å². The van der Waals surface area contributed by atoms with Crippen LogP contribution in [0.5, 0.6) is 5.75 Å². The summed E-state index contributed by atoms with van der Waals surface area (Å²) in [5.41, 5.74) is 4.31. The van der Waals surface area contributed by atoms with Crippen LogP contribution in [0.2, 0.25) is 0 Å². The van der Waals surface area contributed by atoms with E-state index in [1.165, 1.54) is 19.2 Å². The van der Waals surface area contributed by atoms with E-state index in [1.807, 2.05) is 56.3 Å². The van der Waals surface area contributed by atoms with Gasteiger partial charge >= 0.3 is 0 Å². The Hall–Kier alpha value is -3.16. The van der Waals surface area contributed by atoms with Crippen LogP contribution in [-0.4, -0.2) is 27.5 Å². The highest BCUT2D eigenvalue weighted by Gasteiger charge is 2.27. The summed E-state index contributed by atoms with van der Waals surface area (Å²) in [6.07, 6.45) is 0.214. The zero-order valence-electron chi connectivity index (χ0n) is 18.7. The molecule has 3 aromatic rings. The Bertz CT molecular complexity index is 1210. The molecule has 0 aliphatic carbocycles. The number of amides is 1. The lowest BCUT2D eigenvalue weighted by molar-refractivity contribution is -0.117. The van der Waals surface area contributed by atoms with E-state index in [9.17, 15) is 13.2 Å². The van der Waals surface area contributed by atoms with Gasteiger partial charge in [0.05, 0.1) is 12.0 Å². The van der Waals surface area contributed by atoms with E-state index < -0.39 is 22.0 Å². The molecule has 0 bridgehead atoms. The molecule has 0 saturated heterocycles. The lowest BCUT2D eigenvalue weighted by Crippen LogP contribution is -2.45. The molecular weight excluding hydrogens is 424 g/mol. The number of hydrogen-bond donors (Lipinski definition) is 2. The number of carbonyl (C=O) groups is 1. The summed E-state index contributed by atoms with van der Waals surface area (Å²) in [5, 5.41) is 2.85. The molecule has 0 aromatic heterocycles. The van der Waals surface area contributed by atoms with Crippen LogP contribution in [0.25, 0.3) is 0 Å². The van der Waals surface area contributed by atoms with Crippen LogP contribution in [-0.2, 0) is 21.2 Å². The first-order valence-electron chi connectivity index (χ1n) is 10.3. The third-order valence-corrected chi connectivity index (χ3v) is 6.82. The van der Waals surface area contributed by atoms with Crippen molar-refractivity contribution in [3.63, 3.8) is 0 Å². The summed E-state index contributed by atoms with van der Waals surface area (Å²) in [5.74, 6) is 0.170. The summed E-state index contributed by atoms with van der Waals surface area (Å²) >= 11 is 0. The van der Waals surface area contributed by atoms with Crippen molar-refractivity contribution in [1.82, 2.24) is 4.72 Å². The number of carbonyl (C=O) groups excluding carboxylic acids is 1. The monoisotopic (exact) mass is 452 g/mol. The van der Waals surface area contributed by atoms with Crippen molar-refractivity contribution in [2.75, 3.05) is 12.4 Å². The zero-order valence-corrected chi connectivity index (χ0v) is 19.5. The van der Waals surface area contributed by atoms with Gasteiger partial charge in [-0.15, -0.1) is 0 Å². The van der Waals surface area contributed by atoms with Gasteiger partial charge in [0.15, 0.2) is 0 Å². The van der Waals surface area contributed by atoms with Gasteiger partial charge in [0.2, 0.25) is 15.9 Å². The predicted octanol–water partition coefficient (Wildman–Crippen LogP) is 4.15. The van der Waals surface area contributed by atoms with Crippen LogP contribution in [0.3, 0.4) is 0 Å². The number of sulfonamides is 1. The molecule has 168 valence electrons. The van der Waals surface area contributed by atoms with Crippen LogP contribution < -0.4 is 14.8 Å². The summed E-state index contributed by atoms with van der Waals surface area (Å²) in [7, 11) is -2.42. The average Bonchev–Trinajstić information content (AvgIpc) is 2.76. The van der Waals surface area contributed by atoms with E-state index in [0.29, 0.717) is 17.0 Å². The Balaban J connectivity index is 1.88. The third kappa shape index (κ3) is 5.75. The highest BCUT2D eigenvalue weighted by molar-refractivity contribution is 7.89. The van der Waals surface area contributed by atoms with Crippen LogP contribution in [0, 0.1) is 20.8 Å². The molecule has 3 aromatic carbocycles. The molecule has 3 rings (SSSR count). The topological polar surface area (TPSA) is 84.5 Å². The highest BCUT2D eigenvalue weighted by atomic mass is 32.2. The molecule has 0 heterocycles. The Kier molecular flexibility index (Phi) is 7.33. The van der Waals surface area contributed by atoms with Crippen molar-refractivity contribution in [3.05, 3.63) is 89.0 Å². The molecule has 0 fully saturated rings. The number of hydrogen-bond acceptors (Lipinski definition) is 4. The molecule has 0 spiro atoms.